The Morgan fingerprint density at radius 3 is 2.43 bits per heavy atom. The van der Waals surface area contributed by atoms with Crippen LogP contribution in [0.25, 0.3) is 0 Å². The van der Waals surface area contributed by atoms with Crippen molar-refractivity contribution in [3.8, 4) is 0 Å². The van der Waals surface area contributed by atoms with Gasteiger partial charge in [0.15, 0.2) is 0 Å². The van der Waals surface area contributed by atoms with Gasteiger partial charge in [0, 0.05) is 36.4 Å². The highest BCUT2D eigenvalue weighted by Gasteiger charge is 2.20. The minimum absolute atomic E-state index is 0.0440. The third-order valence-corrected chi connectivity index (χ3v) is 4.88. The number of halogens is 1. The fourth-order valence-electron chi connectivity index (χ4n) is 2.25. The standard InChI is InChI=1S/C14H18ClNO4S/c15-21(18,19)13-3-1-11(2-4-13)5-8-16-14(17)12-6-9-20-10-7-12/h1-4,12H,5-10H2,(H,16,17). The van der Waals surface area contributed by atoms with E-state index in [2.05, 4.69) is 5.32 Å². The van der Waals surface area contributed by atoms with Gasteiger partial charge in [0.2, 0.25) is 5.91 Å². The molecule has 0 unspecified atom stereocenters. The maximum absolute atomic E-state index is 11.9. The topological polar surface area (TPSA) is 72.5 Å². The molecule has 1 N–H and O–H groups in total. The Morgan fingerprint density at radius 1 is 1.24 bits per heavy atom. The van der Waals surface area contributed by atoms with E-state index in [4.69, 9.17) is 15.4 Å². The third-order valence-electron chi connectivity index (χ3n) is 3.51. The summed E-state index contributed by atoms with van der Waals surface area (Å²) in [6.45, 7) is 1.82. The fourth-order valence-corrected chi connectivity index (χ4v) is 3.02. The smallest absolute Gasteiger partial charge is 0.261 e. The van der Waals surface area contributed by atoms with Gasteiger partial charge in [-0.2, -0.15) is 0 Å². The first-order valence-electron chi connectivity index (χ1n) is 6.86. The van der Waals surface area contributed by atoms with Crippen LogP contribution >= 0.6 is 10.7 Å². The van der Waals surface area contributed by atoms with Gasteiger partial charge in [-0.05, 0) is 37.0 Å². The van der Waals surface area contributed by atoms with Gasteiger partial charge >= 0.3 is 0 Å². The summed E-state index contributed by atoms with van der Waals surface area (Å²) in [5, 5.41) is 2.91. The SMILES string of the molecule is O=C(NCCc1ccc(S(=O)(=O)Cl)cc1)C1CCOCC1. The first-order valence-corrected chi connectivity index (χ1v) is 9.17. The number of nitrogens with one attached hydrogen (secondary N) is 1. The van der Waals surface area contributed by atoms with E-state index in [1.165, 1.54) is 12.1 Å². The predicted molar refractivity (Wildman–Crippen MR) is 79.7 cm³/mol. The Balaban J connectivity index is 1.79. The molecule has 7 heteroatoms. The van der Waals surface area contributed by atoms with Crippen LogP contribution in [0.3, 0.4) is 0 Å². The molecule has 1 heterocycles. The summed E-state index contributed by atoms with van der Waals surface area (Å²) >= 11 is 0. The van der Waals surface area contributed by atoms with Crippen LogP contribution in [0.2, 0.25) is 0 Å². The summed E-state index contributed by atoms with van der Waals surface area (Å²) in [4.78, 5) is 12.0. The molecular formula is C14H18ClNO4S. The molecule has 1 fully saturated rings. The van der Waals surface area contributed by atoms with Gasteiger partial charge in [-0.1, -0.05) is 12.1 Å². The number of carbonyl (C=O) groups excluding carboxylic acids is 1. The third kappa shape index (κ3) is 4.98. The predicted octanol–water partition coefficient (Wildman–Crippen LogP) is 1.70. The second-order valence-electron chi connectivity index (χ2n) is 5.01. The summed E-state index contributed by atoms with van der Waals surface area (Å²) in [6.07, 6.45) is 2.19. The minimum atomic E-state index is -3.68. The summed E-state index contributed by atoms with van der Waals surface area (Å²) in [7, 11) is 1.57. The lowest BCUT2D eigenvalue weighted by molar-refractivity contribution is -0.127. The Labute approximate surface area is 129 Å². The summed E-state index contributed by atoms with van der Waals surface area (Å²) < 4.78 is 27.5. The van der Waals surface area contributed by atoms with Crippen LogP contribution in [0.4, 0.5) is 0 Å². The van der Waals surface area contributed by atoms with Gasteiger partial charge in [-0.15, -0.1) is 0 Å². The van der Waals surface area contributed by atoms with Crippen LogP contribution in [-0.4, -0.2) is 34.1 Å². The van der Waals surface area contributed by atoms with Gasteiger partial charge in [-0.3, -0.25) is 4.79 Å². The number of hydrogen-bond donors (Lipinski definition) is 1. The Kier molecular flexibility index (Phi) is 5.61. The van der Waals surface area contributed by atoms with Crippen molar-refractivity contribution in [1.82, 2.24) is 5.32 Å². The average Bonchev–Trinajstić information content (AvgIpc) is 2.47. The second-order valence-corrected chi connectivity index (χ2v) is 7.58. The molecule has 0 aromatic heterocycles. The first-order chi connectivity index (χ1) is 9.97. The van der Waals surface area contributed by atoms with Crippen LogP contribution in [0.1, 0.15) is 18.4 Å². The molecule has 1 aliphatic rings. The van der Waals surface area contributed by atoms with E-state index >= 15 is 0 Å². The lowest BCUT2D eigenvalue weighted by Gasteiger charge is -2.21. The molecule has 1 saturated heterocycles. The van der Waals surface area contributed by atoms with Crippen LogP contribution < -0.4 is 5.32 Å². The Morgan fingerprint density at radius 2 is 1.86 bits per heavy atom. The van der Waals surface area contributed by atoms with Crippen molar-refractivity contribution in [2.45, 2.75) is 24.2 Å². The summed E-state index contributed by atoms with van der Waals surface area (Å²) in [5.41, 5.74) is 0.950. The fraction of sp³-hybridized carbons (Fsp3) is 0.500. The van der Waals surface area contributed by atoms with Gasteiger partial charge in [0.05, 0.1) is 4.90 Å². The normalized spacial score (nSPS) is 16.6. The summed E-state index contributed by atoms with van der Waals surface area (Å²) in [5.74, 6) is 0.112. The number of rotatable bonds is 5. The maximum atomic E-state index is 11.9. The van der Waals surface area contributed by atoms with E-state index in [0.29, 0.717) is 26.2 Å². The van der Waals surface area contributed by atoms with E-state index in [1.54, 1.807) is 12.1 Å². The monoisotopic (exact) mass is 331 g/mol. The quantitative estimate of drug-likeness (QED) is 0.833. The van der Waals surface area contributed by atoms with Gasteiger partial charge in [0.25, 0.3) is 9.05 Å². The highest BCUT2D eigenvalue weighted by atomic mass is 35.7. The molecule has 0 atom stereocenters. The lowest BCUT2D eigenvalue weighted by atomic mass is 9.99. The number of carbonyl (C=O) groups is 1. The second kappa shape index (κ2) is 7.24. The van der Waals surface area contributed by atoms with Gasteiger partial charge in [0.1, 0.15) is 0 Å². The number of hydrogen-bond acceptors (Lipinski definition) is 4. The molecule has 0 aliphatic carbocycles. The zero-order valence-electron chi connectivity index (χ0n) is 11.5. The molecule has 0 bridgehead atoms. The Bertz CT molecular complexity index is 579. The molecule has 5 nitrogen and oxygen atoms in total. The van der Waals surface area contributed by atoms with Crippen molar-refractivity contribution >= 4 is 25.6 Å². The summed E-state index contributed by atoms with van der Waals surface area (Å²) in [6, 6.07) is 6.35. The molecule has 21 heavy (non-hydrogen) atoms. The van der Waals surface area contributed by atoms with Crippen molar-refractivity contribution in [2.24, 2.45) is 5.92 Å². The van der Waals surface area contributed by atoms with Crippen molar-refractivity contribution in [2.75, 3.05) is 19.8 Å². The largest absolute Gasteiger partial charge is 0.381 e. The van der Waals surface area contributed by atoms with E-state index in [0.717, 1.165) is 18.4 Å². The van der Waals surface area contributed by atoms with E-state index in [9.17, 15) is 13.2 Å². The van der Waals surface area contributed by atoms with E-state index in [1.807, 2.05) is 0 Å². The molecular weight excluding hydrogens is 314 g/mol. The van der Waals surface area contributed by atoms with Crippen molar-refractivity contribution in [3.05, 3.63) is 29.8 Å². The lowest BCUT2D eigenvalue weighted by Crippen LogP contribution is -2.35. The zero-order valence-corrected chi connectivity index (χ0v) is 13.1. The zero-order chi connectivity index (χ0) is 15.3. The molecule has 1 aromatic carbocycles. The average molecular weight is 332 g/mol. The first kappa shape index (κ1) is 16.3. The number of benzene rings is 1. The van der Waals surface area contributed by atoms with Crippen LogP contribution in [0.5, 0.6) is 0 Å². The molecule has 1 amide bonds. The van der Waals surface area contributed by atoms with Crippen LogP contribution in [0, 0.1) is 5.92 Å². The number of ether oxygens (including phenoxy) is 1. The van der Waals surface area contributed by atoms with Gasteiger partial charge < -0.3 is 10.1 Å². The molecule has 116 valence electrons. The molecule has 0 radical (unpaired) electrons. The molecule has 1 aliphatic heterocycles. The van der Waals surface area contributed by atoms with Crippen molar-refractivity contribution in [3.63, 3.8) is 0 Å². The molecule has 0 saturated carbocycles. The maximum Gasteiger partial charge on any atom is 0.261 e. The highest BCUT2D eigenvalue weighted by Crippen LogP contribution is 2.16. The van der Waals surface area contributed by atoms with Gasteiger partial charge in [-0.25, -0.2) is 8.42 Å². The van der Waals surface area contributed by atoms with E-state index < -0.39 is 9.05 Å². The van der Waals surface area contributed by atoms with Crippen LogP contribution in [-0.2, 0) is 25.0 Å². The van der Waals surface area contributed by atoms with E-state index in [-0.39, 0.29) is 16.7 Å². The Hall–Kier alpha value is -1.11. The molecule has 0 spiro atoms. The molecule has 2 rings (SSSR count). The number of amides is 1. The highest BCUT2D eigenvalue weighted by molar-refractivity contribution is 8.13. The van der Waals surface area contributed by atoms with Crippen molar-refractivity contribution in [1.29, 1.82) is 0 Å². The molecule has 1 aromatic rings. The van der Waals surface area contributed by atoms with Crippen molar-refractivity contribution < 1.29 is 17.9 Å². The van der Waals surface area contributed by atoms with Crippen LogP contribution in [0.15, 0.2) is 29.2 Å². The minimum Gasteiger partial charge on any atom is -0.381 e.